The van der Waals surface area contributed by atoms with Gasteiger partial charge in [-0.05, 0) is 36.4 Å². The fourth-order valence-electron chi connectivity index (χ4n) is 2.46. The van der Waals surface area contributed by atoms with E-state index in [1.165, 1.54) is 30.6 Å². The van der Waals surface area contributed by atoms with Crippen molar-refractivity contribution in [3.8, 4) is 0 Å². The second kappa shape index (κ2) is 5.09. The lowest BCUT2D eigenvalue weighted by molar-refractivity contribution is 0.588. The van der Waals surface area contributed by atoms with Crippen LogP contribution in [0.25, 0.3) is 0 Å². The van der Waals surface area contributed by atoms with Crippen molar-refractivity contribution in [2.45, 2.75) is 45.1 Å². The van der Waals surface area contributed by atoms with Crippen molar-refractivity contribution in [1.82, 2.24) is 5.32 Å². The summed E-state index contributed by atoms with van der Waals surface area (Å²) < 4.78 is 0. The van der Waals surface area contributed by atoms with Gasteiger partial charge in [0.2, 0.25) is 0 Å². The van der Waals surface area contributed by atoms with Gasteiger partial charge in [-0.15, -0.1) is 0 Å². The van der Waals surface area contributed by atoms with Gasteiger partial charge in [-0.2, -0.15) is 0 Å². The molecule has 2 nitrogen and oxygen atoms in total. The van der Waals surface area contributed by atoms with Gasteiger partial charge >= 0.3 is 0 Å². The monoisotopic (exact) mass is 232 g/mol. The Morgan fingerprint density at radius 1 is 1.29 bits per heavy atom. The van der Waals surface area contributed by atoms with Gasteiger partial charge in [0, 0.05) is 18.3 Å². The first-order chi connectivity index (χ1) is 8.07. The van der Waals surface area contributed by atoms with E-state index in [0.29, 0.717) is 6.04 Å². The summed E-state index contributed by atoms with van der Waals surface area (Å²) in [4.78, 5) is 0. The van der Waals surface area contributed by atoms with Crippen LogP contribution in [0.15, 0.2) is 24.3 Å². The Morgan fingerprint density at radius 3 is 2.71 bits per heavy atom. The van der Waals surface area contributed by atoms with Crippen molar-refractivity contribution >= 4 is 5.69 Å². The summed E-state index contributed by atoms with van der Waals surface area (Å²) in [6.07, 6.45) is 2.61. The van der Waals surface area contributed by atoms with E-state index in [0.717, 1.165) is 6.54 Å². The first-order valence-corrected chi connectivity index (χ1v) is 6.64. The summed E-state index contributed by atoms with van der Waals surface area (Å²) in [7, 11) is 0. The third-order valence-corrected chi connectivity index (χ3v) is 3.44. The third-order valence-electron chi connectivity index (χ3n) is 3.44. The van der Waals surface area contributed by atoms with Crippen LogP contribution in [0.1, 0.15) is 39.2 Å². The fourth-order valence-corrected chi connectivity index (χ4v) is 2.46. The second-order valence-corrected chi connectivity index (χ2v) is 5.97. The van der Waals surface area contributed by atoms with E-state index in [9.17, 15) is 0 Å². The molecule has 94 valence electrons. The van der Waals surface area contributed by atoms with Crippen molar-refractivity contribution in [2.24, 2.45) is 0 Å². The summed E-state index contributed by atoms with van der Waals surface area (Å²) in [6.45, 7) is 9.00. The van der Waals surface area contributed by atoms with E-state index < -0.39 is 0 Å². The molecule has 0 aliphatic carbocycles. The smallest absolute Gasteiger partial charge is 0.0378 e. The highest BCUT2D eigenvalue weighted by molar-refractivity contribution is 5.54. The molecular formula is C15H24N2. The third kappa shape index (κ3) is 3.22. The van der Waals surface area contributed by atoms with Gasteiger partial charge in [0.05, 0.1) is 0 Å². The zero-order chi connectivity index (χ0) is 12.3. The first kappa shape index (κ1) is 12.4. The Morgan fingerprint density at radius 2 is 2.06 bits per heavy atom. The minimum Gasteiger partial charge on any atom is -0.383 e. The van der Waals surface area contributed by atoms with E-state index in [1.807, 2.05) is 0 Å². The Hall–Kier alpha value is -1.02. The molecule has 1 unspecified atom stereocenters. The molecule has 1 heterocycles. The van der Waals surface area contributed by atoms with Crippen LogP contribution in [0.4, 0.5) is 5.69 Å². The number of para-hydroxylation sites is 1. The fraction of sp³-hybridized carbons (Fsp3) is 0.600. The quantitative estimate of drug-likeness (QED) is 0.836. The number of hydrogen-bond donors (Lipinski definition) is 2. The molecule has 1 fully saturated rings. The highest BCUT2D eigenvalue weighted by Gasteiger charge is 2.18. The average Bonchev–Trinajstić information content (AvgIpc) is 2.78. The number of nitrogens with one attached hydrogen (secondary N) is 2. The molecule has 1 saturated heterocycles. The van der Waals surface area contributed by atoms with Gasteiger partial charge in [-0.1, -0.05) is 39.0 Å². The van der Waals surface area contributed by atoms with Crippen LogP contribution in [0.3, 0.4) is 0 Å². The maximum absolute atomic E-state index is 3.60. The highest BCUT2D eigenvalue weighted by Crippen LogP contribution is 2.29. The van der Waals surface area contributed by atoms with Crippen LogP contribution in [0.5, 0.6) is 0 Å². The van der Waals surface area contributed by atoms with Crippen LogP contribution in [0, 0.1) is 0 Å². The van der Waals surface area contributed by atoms with Crippen LogP contribution < -0.4 is 10.6 Å². The van der Waals surface area contributed by atoms with E-state index >= 15 is 0 Å². The van der Waals surface area contributed by atoms with E-state index in [1.54, 1.807) is 0 Å². The minimum absolute atomic E-state index is 0.201. The molecule has 2 N–H and O–H groups in total. The Balaban J connectivity index is 2.04. The Bertz CT molecular complexity index is 359. The lowest BCUT2D eigenvalue weighted by Crippen LogP contribution is -2.30. The second-order valence-electron chi connectivity index (χ2n) is 5.97. The lowest BCUT2D eigenvalue weighted by Gasteiger charge is -2.24. The number of rotatable bonds is 3. The summed E-state index contributed by atoms with van der Waals surface area (Å²) in [5.74, 6) is 0. The number of hydrogen-bond acceptors (Lipinski definition) is 2. The predicted molar refractivity (Wildman–Crippen MR) is 74.7 cm³/mol. The molecule has 2 heteroatoms. The zero-order valence-corrected chi connectivity index (χ0v) is 11.2. The lowest BCUT2D eigenvalue weighted by atomic mass is 9.86. The Labute approximate surface area is 105 Å². The minimum atomic E-state index is 0.201. The number of benzene rings is 1. The maximum Gasteiger partial charge on any atom is 0.0378 e. The van der Waals surface area contributed by atoms with Gasteiger partial charge in [0.15, 0.2) is 0 Å². The van der Waals surface area contributed by atoms with Crippen LogP contribution in [0.2, 0.25) is 0 Å². The number of anilines is 1. The van der Waals surface area contributed by atoms with Gasteiger partial charge in [-0.25, -0.2) is 0 Å². The topological polar surface area (TPSA) is 24.1 Å². The van der Waals surface area contributed by atoms with Crippen LogP contribution >= 0.6 is 0 Å². The molecule has 0 amide bonds. The summed E-state index contributed by atoms with van der Waals surface area (Å²) >= 11 is 0. The summed E-state index contributed by atoms with van der Waals surface area (Å²) in [5.41, 5.74) is 2.89. The standard InChI is InChI=1S/C15H24N2/c1-15(2,3)13-8-4-5-9-14(13)17-11-12-7-6-10-16-12/h4-5,8-9,12,16-17H,6-7,10-11H2,1-3H3. The normalized spacial score (nSPS) is 20.5. The van der Waals surface area contributed by atoms with Crippen molar-refractivity contribution in [3.63, 3.8) is 0 Å². The molecule has 0 bridgehead atoms. The Kier molecular flexibility index (Phi) is 3.72. The SMILES string of the molecule is CC(C)(C)c1ccccc1NCC1CCCN1. The highest BCUT2D eigenvalue weighted by atomic mass is 15.0. The molecule has 2 rings (SSSR count). The van der Waals surface area contributed by atoms with E-state index in [-0.39, 0.29) is 5.41 Å². The van der Waals surface area contributed by atoms with E-state index in [4.69, 9.17) is 0 Å². The molecule has 1 aromatic rings. The van der Waals surface area contributed by atoms with Crippen molar-refractivity contribution in [2.75, 3.05) is 18.4 Å². The first-order valence-electron chi connectivity index (χ1n) is 6.64. The molecule has 1 aliphatic heterocycles. The molecule has 1 aliphatic rings. The molecule has 0 saturated carbocycles. The predicted octanol–water partition coefficient (Wildman–Crippen LogP) is 3.15. The van der Waals surface area contributed by atoms with Crippen molar-refractivity contribution in [3.05, 3.63) is 29.8 Å². The summed E-state index contributed by atoms with van der Waals surface area (Å²) in [6, 6.07) is 9.29. The average molecular weight is 232 g/mol. The molecule has 0 spiro atoms. The molecular weight excluding hydrogens is 208 g/mol. The zero-order valence-electron chi connectivity index (χ0n) is 11.2. The molecule has 17 heavy (non-hydrogen) atoms. The van der Waals surface area contributed by atoms with Crippen molar-refractivity contribution < 1.29 is 0 Å². The molecule has 1 atom stereocenters. The molecule has 1 aromatic carbocycles. The van der Waals surface area contributed by atoms with Gasteiger partial charge in [-0.3, -0.25) is 0 Å². The molecule has 0 aromatic heterocycles. The van der Waals surface area contributed by atoms with Gasteiger partial charge in [0.25, 0.3) is 0 Å². The van der Waals surface area contributed by atoms with Crippen molar-refractivity contribution in [1.29, 1.82) is 0 Å². The van der Waals surface area contributed by atoms with Crippen LogP contribution in [-0.4, -0.2) is 19.1 Å². The van der Waals surface area contributed by atoms with E-state index in [2.05, 4.69) is 55.7 Å². The van der Waals surface area contributed by atoms with Gasteiger partial charge < -0.3 is 10.6 Å². The summed E-state index contributed by atoms with van der Waals surface area (Å²) in [5, 5.41) is 7.12. The van der Waals surface area contributed by atoms with Gasteiger partial charge in [0.1, 0.15) is 0 Å². The molecule has 0 radical (unpaired) electrons. The van der Waals surface area contributed by atoms with Crippen LogP contribution in [-0.2, 0) is 5.41 Å². The largest absolute Gasteiger partial charge is 0.383 e. The maximum atomic E-state index is 3.60.